The second-order valence-corrected chi connectivity index (χ2v) is 7.29. The summed E-state index contributed by atoms with van der Waals surface area (Å²) in [6, 6.07) is 26.2. The van der Waals surface area contributed by atoms with Crippen LogP contribution >= 0.6 is 0 Å². The predicted molar refractivity (Wildman–Crippen MR) is 122 cm³/mol. The molecule has 0 radical (unpaired) electrons. The molecule has 0 atom stereocenters. The Kier molecular flexibility index (Phi) is 4.88. The highest BCUT2D eigenvalue weighted by atomic mass is 19.1. The van der Waals surface area contributed by atoms with Crippen molar-refractivity contribution in [3.63, 3.8) is 0 Å². The molecule has 1 aliphatic heterocycles. The second kappa shape index (κ2) is 8.00. The van der Waals surface area contributed by atoms with Crippen molar-refractivity contribution in [1.82, 2.24) is 4.98 Å². The van der Waals surface area contributed by atoms with Crippen LogP contribution in [-0.2, 0) is 9.59 Å². The first kappa shape index (κ1) is 19.5. The minimum atomic E-state index is -0.432. The van der Waals surface area contributed by atoms with Crippen molar-refractivity contribution in [1.29, 1.82) is 0 Å². The van der Waals surface area contributed by atoms with Gasteiger partial charge in [0.15, 0.2) is 0 Å². The summed E-state index contributed by atoms with van der Waals surface area (Å²) in [5.41, 5.74) is 2.77. The number of aromatic nitrogens is 1. The molecule has 0 aliphatic carbocycles. The predicted octanol–water partition coefficient (Wildman–Crippen LogP) is 5.20. The molecule has 4 aromatic rings. The van der Waals surface area contributed by atoms with Gasteiger partial charge in [-0.2, -0.15) is 0 Å². The molecule has 5 rings (SSSR count). The molecule has 156 valence electrons. The lowest BCUT2D eigenvalue weighted by Crippen LogP contribution is -2.41. The molecule has 1 saturated heterocycles. The fourth-order valence-corrected chi connectivity index (χ4v) is 3.72. The van der Waals surface area contributed by atoms with Gasteiger partial charge < -0.3 is 4.98 Å². The molecular formula is C26H18FN3O2. The second-order valence-electron chi connectivity index (χ2n) is 7.29. The number of para-hydroxylation sites is 2. The van der Waals surface area contributed by atoms with Gasteiger partial charge >= 0.3 is 0 Å². The van der Waals surface area contributed by atoms with Crippen LogP contribution in [0.5, 0.6) is 0 Å². The maximum atomic E-state index is 14.1. The van der Waals surface area contributed by atoms with Crippen molar-refractivity contribution < 1.29 is 14.0 Å². The zero-order chi connectivity index (χ0) is 22.1. The number of hydrogen-bond acceptors (Lipinski definition) is 2. The van der Waals surface area contributed by atoms with E-state index in [0.717, 1.165) is 0 Å². The highest BCUT2D eigenvalue weighted by molar-refractivity contribution is 6.38. The Labute approximate surface area is 184 Å². The average Bonchev–Trinajstić information content (AvgIpc) is 3.39. The van der Waals surface area contributed by atoms with E-state index >= 15 is 0 Å². The number of halogens is 1. The van der Waals surface area contributed by atoms with Crippen molar-refractivity contribution in [2.24, 2.45) is 0 Å². The number of aromatic amines is 1. The van der Waals surface area contributed by atoms with Crippen LogP contribution in [-0.4, -0.2) is 16.8 Å². The van der Waals surface area contributed by atoms with E-state index in [1.165, 1.54) is 22.2 Å². The Hall–Kier alpha value is -4.45. The van der Waals surface area contributed by atoms with E-state index in [4.69, 9.17) is 0 Å². The molecule has 6 heteroatoms. The Morgan fingerprint density at radius 2 is 1.25 bits per heavy atom. The molecule has 1 aliphatic rings. The van der Waals surface area contributed by atoms with E-state index in [1.807, 2.05) is 36.4 Å². The first-order valence-electron chi connectivity index (χ1n) is 10.1. The third-order valence-corrected chi connectivity index (χ3v) is 5.23. The van der Waals surface area contributed by atoms with Crippen LogP contribution in [0, 0.1) is 5.82 Å². The van der Waals surface area contributed by atoms with Crippen LogP contribution in [0.15, 0.2) is 103 Å². The first-order chi connectivity index (χ1) is 15.6. The summed E-state index contributed by atoms with van der Waals surface area (Å²) in [5, 5.41) is 2.74. The topological polar surface area (TPSA) is 56.4 Å². The Balaban J connectivity index is 1.56. The number of anilines is 2. The van der Waals surface area contributed by atoms with Gasteiger partial charge in [-0.3, -0.25) is 9.59 Å². The lowest BCUT2D eigenvalue weighted by molar-refractivity contribution is -0.116. The standard InChI is InChI=1S/C26H18FN3O2/c27-23-14-8-7-13-21(23)24-16-18(17-28-24)15-22-25(31)29(19-9-3-1-4-10-19)30(26(22)32)20-11-5-2-6-12-20/h1-17,28H. The van der Waals surface area contributed by atoms with E-state index < -0.39 is 11.8 Å². The van der Waals surface area contributed by atoms with Crippen LogP contribution in [0.4, 0.5) is 15.8 Å². The average molecular weight is 423 g/mol. The third kappa shape index (κ3) is 3.37. The number of carbonyl (C=O) groups excluding carboxylic acids is 2. The normalized spacial score (nSPS) is 13.7. The van der Waals surface area contributed by atoms with E-state index in [1.54, 1.807) is 54.7 Å². The molecule has 5 nitrogen and oxygen atoms in total. The van der Waals surface area contributed by atoms with Gasteiger partial charge in [0, 0.05) is 17.5 Å². The van der Waals surface area contributed by atoms with Crippen LogP contribution < -0.4 is 10.0 Å². The highest BCUT2D eigenvalue weighted by Crippen LogP contribution is 2.32. The van der Waals surface area contributed by atoms with Gasteiger partial charge in [-0.1, -0.05) is 48.5 Å². The van der Waals surface area contributed by atoms with Gasteiger partial charge in [-0.05, 0) is 54.1 Å². The van der Waals surface area contributed by atoms with Gasteiger partial charge in [0.2, 0.25) is 0 Å². The number of hydrazine groups is 1. The summed E-state index contributed by atoms with van der Waals surface area (Å²) < 4.78 is 14.1. The molecule has 1 aromatic heterocycles. The number of benzene rings is 3. The van der Waals surface area contributed by atoms with E-state index in [9.17, 15) is 14.0 Å². The van der Waals surface area contributed by atoms with Crippen LogP contribution in [0.1, 0.15) is 5.56 Å². The molecule has 2 heterocycles. The SMILES string of the molecule is O=C1C(=Cc2c[nH]c(-c3ccccc3F)c2)C(=O)N(c2ccccc2)N1c1ccccc1. The highest BCUT2D eigenvalue weighted by Gasteiger charge is 2.42. The number of rotatable bonds is 4. The van der Waals surface area contributed by atoms with Gasteiger partial charge in [0.1, 0.15) is 11.4 Å². The van der Waals surface area contributed by atoms with Crippen molar-refractivity contribution in [3.8, 4) is 11.3 Å². The van der Waals surface area contributed by atoms with Crippen molar-refractivity contribution in [2.75, 3.05) is 10.0 Å². The van der Waals surface area contributed by atoms with E-state index in [2.05, 4.69) is 4.98 Å². The monoisotopic (exact) mass is 423 g/mol. The molecule has 1 fully saturated rings. The zero-order valence-corrected chi connectivity index (χ0v) is 16.9. The minimum absolute atomic E-state index is 0.0248. The van der Waals surface area contributed by atoms with Gasteiger partial charge in [0.25, 0.3) is 11.8 Å². The van der Waals surface area contributed by atoms with Gasteiger partial charge in [0.05, 0.1) is 11.4 Å². The number of carbonyl (C=O) groups is 2. The quantitative estimate of drug-likeness (QED) is 0.362. The van der Waals surface area contributed by atoms with E-state index in [0.29, 0.717) is 28.2 Å². The number of H-pyrrole nitrogens is 1. The number of nitrogens with one attached hydrogen (secondary N) is 1. The molecule has 1 N–H and O–H groups in total. The van der Waals surface area contributed by atoms with Crippen molar-refractivity contribution >= 4 is 29.3 Å². The third-order valence-electron chi connectivity index (χ3n) is 5.23. The lowest BCUT2D eigenvalue weighted by atomic mass is 10.1. The smallest absolute Gasteiger partial charge is 0.283 e. The molecule has 0 saturated carbocycles. The Morgan fingerprint density at radius 3 is 1.81 bits per heavy atom. The molecule has 0 spiro atoms. The summed E-state index contributed by atoms with van der Waals surface area (Å²) >= 11 is 0. The summed E-state index contributed by atoms with van der Waals surface area (Å²) in [5.74, 6) is -1.22. The summed E-state index contributed by atoms with van der Waals surface area (Å²) in [4.78, 5) is 29.7. The van der Waals surface area contributed by atoms with Crippen molar-refractivity contribution in [3.05, 3.63) is 114 Å². The fraction of sp³-hybridized carbons (Fsp3) is 0. The maximum absolute atomic E-state index is 14.1. The molecule has 3 aromatic carbocycles. The molecule has 32 heavy (non-hydrogen) atoms. The maximum Gasteiger partial charge on any atom is 0.283 e. The molecule has 0 bridgehead atoms. The van der Waals surface area contributed by atoms with Crippen LogP contribution in [0.25, 0.3) is 17.3 Å². The Bertz CT molecular complexity index is 1270. The molecular weight excluding hydrogens is 405 g/mol. The zero-order valence-electron chi connectivity index (χ0n) is 16.9. The van der Waals surface area contributed by atoms with Crippen LogP contribution in [0.2, 0.25) is 0 Å². The van der Waals surface area contributed by atoms with E-state index in [-0.39, 0.29) is 11.4 Å². The molecule has 2 amide bonds. The lowest BCUT2D eigenvalue weighted by Gasteiger charge is -2.27. The number of hydrogen-bond donors (Lipinski definition) is 1. The minimum Gasteiger partial charge on any atom is -0.361 e. The number of amides is 2. The summed E-state index contributed by atoms with van der Waals surface area (Å²) in [6.07, 6.45) is 3.18. The largest absolute Gasteiger partial charge is 0.361 e. The first-order valence-corrected chi connectivity index (χ1v) is 10.1. The summed E-state index contributed by atoms with van der Waals surface area (Å²) in [6.45, 7) is 0. The summed E-state index contributed by atoms with van der Waals surface area (Å²) in [7, 11) is 0. The Morgan fingerprint density at radius 1 is 0.719 bits per heavy atom. The fourth-order valence-electron chi connectivity index (χ4n) is 3.72. The van der Waals surface area contributed by atoms with Gasteiger partial charge in [-0.15, -0.1) is 0 Å². The van der Waals surface area contributed by atoms with Gasteiger partial charge in [-0.25, -0.2) is 14.4 Å². The molecule has 0 unspecified atom stereocenters. The number of nitrogens with zero attached hydrogens (tertiary/aromatic N) is 2. The van der Waals surface area contributed by atoms with Crippen molar-refractivity contribution in [2.45, 2.75) is 0 Å². The van der Waals surface area contributed by atoms with Crippen LogP contribution in [0.3, 0.4) is 0 Å².